The van der Waals surface area contributed by atoms with Gasteiger partial charge in [0.15, 0.2) is 5.78 Å². The summed E-state index contributed by atoms with van der Waals surface area (Å²) >= 11 is 0. The monoisotopic (exact) mass is 320 g/mol. The van der Waals surface area contributed by atoms with Crippen molar-refractivity contribution in [1.29, 1.82) is 0 Å². The average Bonchev–Trinajstić information content (AvgIpc) is 2.71. The topological polar surface area (TPSA) is 57.5 Å². The highest BCUT2D eigenvalue weighted by Gasteiger charge is 2.54. The third-order valence-electron chi connectivity index (χ3n) is 6.22. The lowest BCUT2D eigenvalue weighted by molar-refractivity contribution is -0.121. The third kappa shape index (κ3) is 3.61. The number of carbonyl (C=O) groups is 1. The molecule has 0 aromatic heterocycles. The van der Waals surface area contributed by atoms with E-state index in [1.807, 2.05) is 39.8 Å². The lowest BCUT2D eigenvalue weighted by atomic mass is 9.68. The van der Waals surface area contributed by atoms with Crippen LogP contribution in [-0.4, -0.2) is 27.2 Å². The van der Waals surface area contributed by atoms with Gasteiger partial charge in [0.25, 0.3) is 0 Å². The molecule has 0 saturated heterocycles. The van der Waals surface area contributed by atoms with Gasteiger partial charge in [-0.3, -0.25) is 4.79 Å². The van der Waals surface area contributed by atoms with E-state index in [9.17, 15) is 15.0 Å². The average molecular weight is 320 g/mol. The van der Waals surface area contributed by atoms with E-state index in [1.165, 1.54) is 0 Å². The van der Waals surface area contributed by atoms with Crippen LogP contribution in [0, 0.1) is 17.3 Å². The van der Waals surface area contributed by atoms with Crippen LogP contribution in [0.1, 0.15) is 66.7 Å². The molecule has 0 aliphatic heterocycles. The molecule has 0 amide bonds. The lowest BCUT2D eigenvalue weighted by Gasteiger charge is -2.39. The van der Waals surface area contributed by atoms with Crippen molar-refractivity contribution in [3.05, 3.63) is 23.8 Å². The Morgan fingerprint density at radius 1 is 1.13 bits per heavy atom. The summed E-state index contributed by atoms with van der Waals surface area (Å²) in [5.74, 6) is 0.110. The maximum atomic E-state index is 12.6. The SMILES string of the molecule is CC1=CCCC(C)(O)C=CC2(C)CCC(O)(C(C)C)C2CC1=O. The molecule has 3 nitrogen and oxygen atoms in total. The smallest absolute Gasteiger partial charge is 0.158 e. The van der Waals surface area contributed by atoms with Crippen molar-refractivity contribution in [3.8, 4) is 0 Å². The molecule has 4 atom stereocenters. The number of aliphatic hydroxyl groups is 2. The lowest BCUT2D eigenvalue weighted by Crippen LogP contribution is -2.44. The van der Waals surface area contributed by atoms with Crippen molar-refractivity contribution in [1.82, 2.24) is 0 Å². The molecule has 2 aliphatic rings. The quantitative estimate of drug-likeness (QED) is 0.723. The van der Waals surface area contributed by atoms with Crippen molar-refractivity contribution in [2.75, 3.05) is 0 Å². The van der Waals surface area contributed by atoms with E-state index in [2.05, 4.69) is 13.0 Å². The van der Waals surface area contributed by atoms with Crippen molar-refractivity contribution in [2.24, 2.45) is 17.3 Å². The fourth-order valence-electron chi connectivity index (χ4n) is 4.18. The second-order valence-corrected chi connectivity index (χ2v) is 8.45. The highest BCUT2D eigenvalue weighted by molar-refractivity contribution is 5.95. The largest absolute Gasteiger partial charge is 0.389 e. The van der Waals surface area contributed by atoms with Crippen molar-refractivity contribution in [2.45, 2.75) is 77.9 Å². The second-order valence-electron chi connectivity index (χ2n) is 8.45. The van der Waals surface area contributed by atoms with Crippen LogP contribution >= 0.6 is 0 Å². The zero-order chi connectivity index (χ0) is 17.5. The Balaban J connectivity index is 2.48. The van der Waals surface area contributed by atoms with Crippen LogP contribution in [0.4, 0.5) is 0 Å². The minimum atomic E-state index is -0.879. The molecular weight excluding hydrogens is 288 g/mol. The number of carbonyl (C=O) groups excluding carboxylic acids is 1. The zero-order valence-corrected chi connectivity index (χ0v) is 15.2. The number of Topliss-reactive ketones (excluding diaryl/α,β-unsaturated/α-hetero) is 1. The molecule has 0 heterocycles. The number of hydrogen-bond acceptors (Lipinski definition) is 3. The first-order valence-corrected chi connectivity index (χ1v) is 8.85. The number of allylic oxidation sites excluding steroid dienone is 3. The number of ketones is 1. The summed E-state index contributed by atoms with van der Waals surface area (Å²) in [6.45, 7) is 9.85. The van der Waals surface area contributed by atoms with Gasteiger partial charge >= 0.3 is 0 Å². The van der Waals surface area contributed by atoms with E-state index in [1.54, 1.807) is 0 Å². The summed E-state index contributed by atoms with van der Waals surface area (Å²) in [6, 6.07) is 0. The van der Waals surface area contributed by atoms with Gasteiger partial charge in [0.2, 0.25) is 0 Å². The molecule has 0 aromatic rings. The summed E-state index contributed by atoms with van der Waals surface area (Å²) < 4.78 is 0. The fourth-order valence-corrected chi connectivity index (χ4v) is 4.18. The van der Waals surface area contributed by atoms with Gasteiger partial charge in [-0.25, -0.2) is 0 Å². The molecule has 23 heavy (non-hydrogen) atoms. The predicted octanol–water partition coefficient (Wildman–Crippen LogP) is 3.80. The third-order valence-corrected chi connectivity index (χ3v) is 6.22. The second kappa shape index (κ2) is 6.18. The Labute approximate surface area is 140 Å². The maximum absolute atomic E-state index is 12.6. The van der Waals surface area contributed by atoms with Crippen LogP contribution in [-0.2, 0) is 4.79 Å². The highest BCUT2D eigenvalue weighted by Crippen LogP contribution is 2.55. The molecule has 0 spiro atoms. The molecule has 2 N–H and O–H groups in total. The summed E-state index contributed by atoms with van der Waals surface area (Å²) in [5, 5.41) is 21.8. The van der Waals surface area contributed by atoms with Crippen LogP contribution < -0.4 is 0 Å². The Morgan fingerprint density at radius 2 is 1.78 bits per heavy atom. The molecule has 4 unspecified atom stereocenters. The van der Waals surface area contributed by atoms with Gasteiger partial charge in [-0.1, -0.05) is 39.0 Å². The maximum Gasteiger partial charge on any atom is 0.158 e. The molecule has 1 fully saturated rings. The van der Waals surface area contributed by atoms with E-state index in [4.69, 9.17) is 0 Å². The molecule has 1 saturated carbocycles. The predicted molar refractivity (Wildman–Crippen MR) is 93.0 cm³/mol. The van der Waals surface area contributed by atoms with Gasteiger partial charge < -0.3 is 10.2 Å². The van der Waals surface area contributed by atoms with Crippen LogP contribution in [0.3, 0.4) is 0 Å². The van der Waals surface area contributed by atoms with Gasteiger partial charge in [0.1, 0.15) is 0 Å². The van der Waals surface area contributed by atoms with Gasteiger partial charge in [-0.05, 0) is 56.4 Å². The van der Waals surface area contributed by atoms with E-state index >= 15 is 0 Å². The van der Waals surface area contributed by atoms with E-state index in [0.29, 0.717) is 25.7 Å². The molecule has 2 aliphatic carbocycles. The summed E-state index contributed by atoms with van der Waals surface area (Å²) in [7, 11) is 0. The van der Waals surface area contributed by atoms with E-state index in [-0.39, 0.29) is 23.0 Å². The van der Waals surface area contributed by atoms with Crippen LogP contribution in [0.2, 0.25) is 0 Å². The summed E-state index contributed by atoms with van der Waals surface area (Å²) in [5.41, 5.74) is -1.21. The molecule has 2 rings (SSSR count). The molecular formula is C20H32O3. The molecule has 0 bridgehead atoms. The Kier molecular flexibility index (Phi) is 4.94. The summed E-state index contributed by atoms with van der Waals surface area (Å²) in [4.78, 5) is 12.6. The van der Waals surface area contributed by atoms with Gasteiger partial charge in [-0.2, -0.15) is 0 Å². The normalized spacial score (nSPS) is 42.3. The Hall–Kier alpha value is -0.930. The minimum Gasteiger partial charge on any atom is -0.389 e. The van der Waals surface area contributed by atoms with Gasteiger partial charge in [0, 0.05) is 12.3 Å². The number of rotatable bonds is 1. The summed E-state index contributed by atoms with van der Waals surface area (Å²) in [6.07, 6.45) is 9.07. The minimum absolute atomic E-state index is 0.102. The Bertz CT molecular complexity index is 529. The van der Waals surface area contributed by atoms with Crippen molar-refractivity contribution in [3.63, 3.8) is 0 Å². The fraction of sp³-hybridized carbons (Fsp3) is 0.750. The van der Waals surface area contributed by atoms with Crippen LogP contribution in [0.15, 0.2) is 23.8 Å². The molecule has 0 aromatic carbocycles. The van der Waals surface area contributed by atoms with Crippen molar-refractivity contribution >= 4 is 5.78 Å². The molecule has 130 valence electrons. The molecule has 0 radical (unpaired) electrons. The van der Waals surface area contributed by atoms with Gasteiger partial charge in [-0.15, -0.1) is 0 Å². The number of fused-ring (bicyclic) bond motifs is 1. The van der Waals surface area contributed by atoms with Gasteiger partial charge in [0.05, 0.1) is 11.2 Å². The number of hydrogen-bond donors (Lipinski definition) is 2. The zero-order valence-electron chi connectivity index (χ0n) is 15.2. The molecule has 3 heteroatoms. The first-order chi connectivity index (χ1) is 10.5. The van der Waals surface area contributed by atoms with Crippen LogP contribution in [0.25, 0.3) is 0 Å². The first kappa shape index (κ1) is 18.4. The van der Waals surface area contributed by atoms with E-state index < -0.39 is 11.2 Å². The standard InChI is InChI=1S/C20H32O3/c1-14(2)20(23)12-10-18(4)9-11-19(5,22)8-6-7-15(3)16(21)13-17(18)20/h7,9,11,14,17,22-23H,6,8,10,12-13H2,1-5H3. The highest BCUT2D eigenvalue weighted by atomic mass is 16.3. The van der Waals surface area contributed by atoms with Crippen LogP contribution in [0.5, 0.6) is 0 Å². The van der Waals surface area contributed by atoms with Crippen molar-refractivity contribution < 1.29 is 15.0 Å². The van der Waals surface area contributed by atoms with E-state index in [0.717, 1.165) is 12.0 Å². The first-order valence-electron chi connectivity index (χ1n) is 8.85. The Morgan fingerprint density at radius 3 is 2.39 bits per heavy atom.